The monoisotopic (exact) mass is 312 g/mol. The Morgan fingerprint density at radius 3 is 1.25 bits per heavy atom. The van der Waals surface area contributed by atoms with Crippen LogP contribution in [0.3, 0.4) is 0 Å². The molecule has 0 saturated heterocycles. The maximum absolute atomic E-state index is 12.4. The van der Waals surface area contributed by atoms with Gasteiger partial charge in [-0.25, -0.2) is 0 Å². The predicted molar refractivity (Wildman–Crippen MR) is 95.9 cm³/mol. The minimum atomic E-state index is 0.0656. The van der Waals surface area contributed by atoms with Crippen LogP contribution in [-0.2, 0) is 0 Å². The van der Waals surface area contributed by atoms with Crippen LogP contribution in [0.5, 0.6) is 0 Å². The molecule has 0 radical (unpaired) electrons. The van der Waals surface area contributed by atoms with Gasteiger partial charge >= 0.3 is 0 Å². The molecule has 0 fully saturated rings. The third kappa shape index (κ3) is 2.04. The van der Waals surface area contributed by atoms with E-state index in [9.17, 15) is 9.59 Å². The SMILES string of the molecule is CC1=C/C(=C2/C=C(C)C(=O)c3ccccc32)c2ccccc2C1=O. The van der Waals surface area contributed by atoms with E-state index in [0.29, 0.717) is 0 Å². The molecule has 0 aliphatic heterocycles. The largest absolute Gasteiger partial charge is 0.289 e. The Hall–Kier alpha value is -3.00. The number of rotatable bonds is 0. The average molecular weight is 312 g/mol. The molecule has 0 bridgehead atoms. The molecule has 2 aliphatic carbocycles. The average Bonchev–Trinajstić information content (AvgIpc) is 2.61. The molecule has 0 heterocycles. The second kappa shape index (κ2) is 5.27. The number of allylic oxidation sites excluding steroid dienone is 6. The second-order valence-corrected chi connectivity index (χ2v) is 6.23. The van der Waals surface area contributed by atoms with Crippen molar-refractivity contribution in [3.63, 3.8) is 0 Å². The van der Waals surface area contributed by atoms with Crippen molar-refractivity contribution in [1.29, 1.82) is 0 Å². The maximum atomic E-state index is 12.4. The van der Waals surface area contributed by atoms with E-state index in [1.807, 2.05) is 74.5 Å². The lowest BCUT2D eigenvalue weighted by molar-refractivity contribution is 0.102. The molecule has 2 aromatic rings. The van der Waals surface area contributed by atoms with Gasteiger partial charge < -0.3 is 0 Å². The van der Waals surface area contributed by atoms with E-state index in [-0.39, 0.29) is 11.6 Å². The third-order valence-corrected chi connectivity index (χ3v) is 4.65. The molecule has 2 aromatic carbocycles. The maximum Gasteiger partial charge on any atom is 0.189 e. The van der Waals surface area contributed by atoms with Gasteiger partial charge in [-0.2, -0.15) is 0 Å². The smallest absolute Gasteiger partial charge is 0.189 e. The molecular formula is C22H16O2. The molecule has 2 heteroatoms. The summed E-state index contributed by atoms with van der Waals surface area (Å²) in [6.07, 6.45) is 3.88. The molecule has 0 aromatic heterocycles. The van der Waals surface area contributed by atoms with Gasteiger partial charge in [0, 0.05) is 11.1 Å². The molecule has 116 valence electrons. The number of benzene rings is 2. The molecule has 2 nitrogen and oxygen atoms in total. The van der Waals surface area contributed by atoms with Gasteiger partial charge in [0.05, 0.1) is 0 Å². The first-order valence-corrected chi connectivity index (χ1v) is 7.97. The zero-order chi connectivity index (χ0) is 16.8. The molecule has 0 spiro atoms. The van der Waals surface area contributed by atoms with Crippen molar-refractivity contribution in [3.8, 4) is 0 Å². The van der Waals surface area contributed by atoms with Crippen molar-refractivity contribution in [2.75, 3.05) is 0 Å². The molecular weight excluding hydrogens is 296 g/mol. The highest BCUT2D eigenvalue weighted by molar-refractivity contribution is 6.23. The summed E-state index contributed by atoms with van der Waals surface area (Å²) in [5.41, 5.74) is 6.74. The molecule has 0 unspecified atom stereocenters. The van der Waals surface area contributed by atoms with Gasteiger partial charge in [0.15, 0.2) is 11.6 Å². The fourth-order valence-electron chi connectivity index (χ4n) is 3.42. The first-order valence-electron chi connectivity index (χ1n) is 7.97. The minimum absolute atomic E-state index is 0.0656. The van der Waals surface area contributed by atoms with E-state index in [4.69, 9.17) is 0 Å². The molecule has 0 atom stereocenters. The van der Waals surface area contributed by atoms with Crippen LogP contribution < -0.4 is 0 Å². The normalized spacial score (nSPS) is 19.4. The van der Waals surface area contributed by atoms with Crippen molar-refractivity contribution < 1.29 is 9.59 Å². The van der Waals surface area contributed by atoms with E-state index >= 15 is 0 Å². The molecule has 0 N–H and O–H groups in total. The third-order valence-electron chi connectivity index (χ3n) is 4.65. The Kier molecular flexibility index (Phi) is 3.20. The van der Waals surface area contributed by atoms with Crippen LogP contribution in [0.15, 0.2) is 71.8 Å². The van der Waals surface area contributed by atoms with Crippen LogP contribution >= 0.6 is 0 Å². The number of carbonyl (C=O) groups is 2. The Bertz CT molecular complexity index is 919. The molecule has 4 rings (SSSR count). The first-order chi connectivity index (χ1) is 11.6. The Labute approximate surface area is 140 Å². The van der Waals surface area contributed by atoms with Crippen LogP contribution in [0, 0.1) is 0 Å². The van der Waals surface area contributed by atoms with Crippen LogP contribution in [0.4, 0.5) is 0 Å². The Morgan fingerprint density at radius 1 is 0.542 bits per heavy atom. The fourth-order valence-corrected chi connectivity index (χ4v) is 3.42. The summed E-state index contributed by atoms with van der Waals surface area (Å²) in [6.45, 7) is 3.69. The molecule has 0 amide bonds. The second-order valence-electron chi connectivity index (χ2n) is 6.23. The van der Waals surface area contributed by atoms with Gasteiger partial charge in [-0.15, -0.1) is 0 Å². The summed E-state index contributed by atoms with van der Waals surface area (Å²) in [7, 11) is 0. The number of fused-ring (bicyclic) bond motifs is 2. The summed E-state index contributed by atoms with van der Waals surface area (Å²) < 4.78 is 0. The van der Waals surface area contributed by atoms with Crippen LogP contribution in [0.25, 0.3) is 11.1 Å². The molecule has 2 aliphatic rings. The van der Waals surface area contributed by atoms with Crippen molar-refractivity contribution in [2.45, 2.75) is 13.8 Å². The lowest BCUT2D eigenvalue weighted by atomic mass is 9.79. The highest BCUT2D eigenvalue weighted by Gasteiger charge is 2.26. The highest BCUT2D eigenvalue weighted by Crippen LogP contribution is 2.39. The van der Waals surface area contributed by atoms with Gasteiger partial charge in [0.2, 0.25) is 0 Å². The lowest BCUT2D eigenvalue weighted by Crippen LogP contribution is -2.13. The van der Waals surface area contributed by atoms with Gasteiger partial charge in [-0.05, 0) is 59.4 Å². The molecule has 0 saturated carbocycles. The van der Waals surface area contributed by atoms with E-state index in [0.717, 1.165) is 44.5 Å². The van der Waals surface area contributed by atoms with Gasteiger partial charge in [-0.1, -0.05) is 48.5 Å². The first kappa shape index (κ1) is 14.6. The summed E-state index contributed by atoms with van der Waals surface area (Å²) in [5.74, 6) is 0.131. The summed E-state index contributed by atoms with van der Waals surface area (Å²) in [6, 6.07) is 15.3. The van der Waals surface area contributed by atoms with Crippen molar-refractivity contribution in [3.05, 3.63) is 94.1 Å². The van der Waals surface area contributed by atoms with Crippen molar-refractivity contribution in [2.24, 2.45) is 0 Å². The number of Topliss-reactive ketones (excluding diaryl/α,β-unsaturated/α-hetero) is 2. The lowest BCUT2D eigenvalue weighted by Gasteiger charge is -2.23. The van der Waals surface area contributed by atoms with E-state index in [1.54, 1.807) is 0 Å². The van der Waals surface area contributed by atoms with Crippen molar-refractivity contribution >= 4 is 22.7 Å². The summed E-state index contributed by atoms with van der Waals surface area (Å²) in [5, 5.41) is 0. The van der Waals surface area contributed by atoms with E-state index in [1.165, 1.54) is 0 Å². The standard InChI is InChI=1S/C22H16O2/c1-13-11-19(15-7-3-5-9-17(15)21(13)23)20-12-14(2)22(24)18-10-6-4-8-16(18)20/h3-12H,1-2H3/b20-19+. The summed E-state index contributed by atoms with van der Waals surface area (Å²) in [4.78, 5) is 24.9. The molecule has 24 heavy (non-hydrogen) atoms. The summed E-state index contributed by atoms with van der Waals surface area (Å²) >= 11 is 0. The quantitative estimate of drug-likeness (QED) is 0.694. The number of hydrogen-bond donors (Lipinski definition) is 0. The Balaban J connectivity index is 2.10. The van der Waals surface area contributed by atoms with Gasteiger partial charge in [-0.3, -0.25) is 9.59 Å². The number of hydrogen-bond acceptors (Lipinski definition) is 2. The zero-order valence-electron chi connectivity index (χ0n) is 13.6. The number of carbonyl (C=O) groups excluding carboxylic acids is 2. The van der Waals surface area contributed by atoms with E-state index < -0.39 is 0 Å². The zero-order valence-corrected chi connectivity index (χ0v) is 13.6. The van der Waals surface area contributed by atoms with Crippen molar-refractivity contribution in [1.82, 2.24) is 0 Å². The van der Waals surface area contributed by atoms with E-state index in [2.05, 4.69) is 0 Å². The Morgan fingerprint density at radius 2 is 0.875 bits per heavy atom. The fraction of sp³-hybridized carbons (Fsp3) is 0.0909. The highest BCUT2D eigenvalue weighted by atomic mass is 16.1. The van der Waals surface area contributed by atoms with Crippen LogP contribution in [-0.4, -0.2) is 11.6 Å². The van der Waals surface area contributed by atoms with Crippen LogP contribution in [0.1, 0.15) is 45.7 Å². The van der Waals surface area contributed by atoms with Gasteiger partial charge in [0.25, 0.3) is 0 Å². The minimum Gasteiger partial charge on any atom is -0.289 e. The topological polar surface area (TPSA) is 34.1 Å². The van der Waals surface area contributed by atoms with Gasteiger partial charge in [0.1, 0.15) is 0 Å². The number of ketones is 2. The predicted octanol–water partition coefficient (Wildman–Crippen LogP) is 4.88. The van der Waals surface area contributed by atoms with Crippen LogP contribution in [0.2, 0.25) is 0 Å².